The molecule has 1 aromatic heterocycles. The molecule has 0 aliphatic heterocycles. The van der Waals surface area contributed by atoms with E-state index in [1.54, 1.807) is 11.3 Å². The zero-order valence-electron chi connectivity index (χ0n) is 8.99. The molecule has 0 aromatic carbocycles. The molecule has 1 aromatic rings. The van der Waals surface area contributed by atoms with E-state index in [-0.39, 0.29) is 0 Å². The van der Waals surface area contributed by atoms with Gasteiger partial charge in [0.05, 0.1) is 0 Å². The van der Waals surface area contributed by atoms with Crippen LogP contribution in [0.1, 0.15) is 24.8 Å². The van der Waals surface area contributed by atoms with Crippen molar-refractivity contribution in [1.82, 2.24) is 4.90 Å². The summed E-state index contributed by atoms with van der Waals surface area (Å²) < 4.78 is 0. The molecular formula is C12H18ClNS. The minimum absolute atomic E-state index is 0.764. The first-order chi connectivity index (χ1) is 7.40. The SMILES string of the molecule is ClCCN(CCc1ccsc1)C1CCC1. The molecule has 0 atom stereocenters. The van der Waals surface area contributed by atoms with Gasteiger partial charge in [0.15, 0.2) is 0 Å². The Balaban J connectivity index is 1.78. The van der Waals surface area contributed by atoms with Gasteiger partial charge in [0.2, 0.25) is 0 Å². The summed E-state index contributed by atoms with van der Waals surface area (Å²) in [6.07, 6.45) is 5.33. The maximum atomic E-state index is 5.84. The number of thiophene rings is 1. The molecule has 2 rings (SSSR count). The number of hydrogen-bond acceptors (Lipinski definition) is 2. The van der Waals surface area contributed by atoms with E-state index < -0.39 is 0 Å². The largest absolute Gasteiger partial charge is 0.299 e. The first kappa shape index (κ1) is 11.4. The molecule has 0 N–H and O–H groups in total. The molecule has 1 saturated carbocycles. The van der Waals surface area contributed by atoms with E-state index in [0.29, 0.717) is 0 Å². The highest BCUT2D eigenvalue weighted by Gasteiger charge is 2.23. The molecule has 1 aliphatic carbocycles. The average Bonchev–Trinajstić information content (AvgIpc) is 2.64. The fraction of sp³-hybridized carbons (Fsp3) is 0.667. The topological polar surface area (TPSA) is 3.24 Å². The van der Waals surface area contributed by atoms with Crippen molar-refractivity contribution in [2.24, 2.45) is 0 Å². The van der Waals surface area contributed by atoms with Crippen LogP contribution in [0.15, 0.2) is 16.8 Å². The summed E-state index contributed by atoms with van der Waals surface area (Å²) in [5, 5.41) is 4.41. The van der Waals surface area contributed by atoms with Gasteiger partial charge in [-0.2, -0.15) is 11.3 Å². The highest BCUT2D eigenvalue weighted by atomic mass is 35.5. The molecule has 1 fully saturated rings. The lowest BCUT2D eigenvalue weighted by Crippen LogP contribution is -2.42. The quantitative estimate of drug-likeness (QED) is 0.693. The zero-order valence-corrected chi connectivity index (χ0v) is 10.6. The minimum Gasteiger partial charge on any atom is -0.299 e. The molecule has 0 saturated heterocycles. The van der Waals surface area contributed by atoms with Gasteiger partial charge in [-0.15, -0.1) is 11.6 Å². The van der Waals surface area contributed by atoms with Crippen LogP contribution in [0, 0.1) is 0 Å². The highest BCUT2D eigenvalue weighted by molar-refractivity contribution is 7.07. The van der Waals surface area contributed by atoms with Crippen LogP contribution in [0.3, 0.4) is 0 Å². The monoisotopic (exact) mass is 243 g/mol. The lowest BCUT2D eigenvalue weighted by Gasteiger charge is -2.37. The third-order valence-corrected chi connectivity index (χ3v) is 4.13. The molecular weight excluding hydrogens is 226 g/mol. The minimum atomic E-state index is 0.764. The smallest absolute Gasteiger partial charge is 0.0351 e. The van der Waals surface area contributed by atoms with Gasteiger partial charge in [0, 0.05) is 25.0 Å². The number of rotatable bonds is 6. The van der Waals surface area contributed by atoms with Gasteiger partial charge in [0.25, 0.3) is 0 Å². The maximum absolute atomic E-state index is 5.84. The molecule has 0 amide bonds. The third kappa shape index (κ3) is 3.20. The Bertz CT molecular complexity index is 269. The summed E-state index contributed by atoms with van der Waals surface area (Å²) in [5.41, 5.74) is 1.47. The molecule has 84 valence electrons. The summed E-state index contributed by atoms with van der Waals surface area (Å²) in [7, 11) is 0. The van der Waals surface area contributed by atoms with Crippen molar-refractivity contribution < 1.29 is 0 Å². The Kier molecular flexibility index (Phi) is 4.48. The van der Waals surface area contributed by atoms with Crippen molar-refractivity contribution in [2.45, 2.75) is 31.7 Å². The summed E-state index contributed by atoms with van der Waals surface area (Å²) in [5.74, 6) is 0.764. The zero-order chi connectivity index (χ0) is 10.5. The van der Waals surface area contributed by atoms with Crippen molar-refractivity contribution >= 4 is 22.9 Å². The van der Waals surface area contributed by atoms with Crippen LogP contribution >= 0.6 is 22.9 Å². The standard InChI is InChI=1S/C12H18ClNS/c13-6-8-14(12-2-1-3-12)7-4-11-5-9-15-10-11/h5,9-10,12H,1-4,6-8H2. The van der Waals surface area contributed by atoms with Crippen LogP contribution in [0.5, 0.6) is 0 Å². The third-order valence-electron chi connectivity index (χ3n) is 3.23. The van der Waals surface area contributed by atoms with Crippen LogP contribution in [-0.2, 0) is 6.42 Å². The molecule has 1 heterocycles. The van der Waals surface area contributed by atoms with Gasteiger partial charge in [-0.1, -0.05) is 6.42 Å². The summed E-state index contributed by atoms with van der Waals surface area (Å²) in [6, 6.07) is 3.05. The van der Waals surface area contributed by atoms with Gasteiger partial charge in [-0.3, -0.25) is 4.90 Å². The molecule has 0 spiro atoms. The van der Waals surface area contributed by atoms with Crippen LogP contribution in [0.4, 0.5) is 0 Å². The summed E-state index contributed by atoms with van der Waals surface area (Å²) in [6.45, 7) is 2.23. The Hall–Kier alpha value is -0.0500. The summed E-state index contributed by atoms with van der Waals surface area (Å²) in [4.78, 5) is 2.56. The van der Waals surface area contributed by atoms with Gasteiger partial charge in [0.1, 0.15) is 0 Å². The van der Waals surface area contributed by atoms with Crippen molar-refractivity contribution in [2.75, 3.05) is 19.0 Å². The Labute approximate surface area is 101 Å². The first-order valence-electron chi connectivity index (χ1n) is 5.71. The predicted molar refractivity (Wildman–Crippen MR) is 68.0 cm³/mol. The second-order valence-corrected chi connectivity index (χ2v) is 5.35. The van der Waals surface area contributed by atoms with E-state index in [1.165, 1.54) is 37.8 Å². The molecule has 0 bridgehead atoms. The first-order valence-corrected chi connectivity index (χ1v) is 7.19. The average molecular weight is 244 g/mol. The Morgan fingerprint density at radius 1 is 1.40 bits per heavy atom. The van der Waals surface area contributed by atoms with Crippen molar-refractivity contribution in [3.63, 3.8) is 0 Å². The predicted octanol–water partition coefficient (Wildman–Crippen LogP) is 3.38. The van der Waals surface area contributed by atoms with Crippen molar-refractivity contribution in [3.8, 4) is 0 Å². The second-order valence-electron chi connectivity index (χ2n) is 4.19. The Morgan fingerprint density at radius 3 is 2.80 bits per heavy atom. The van der Waals surface area contributed by atoms with Crippen molar-refractivity contribution in [3.05, 3.63) is 22.4 Å². The van der Waals surface area contributed by atoms with E-state index in [1.807, 2.05) is 0 Å². The second kappa shape index (κ2) is 5.88. The fourth-order valence-corrected chi connectivity index (χ4v) is 2.97. The van der Waals surface area contributed by atoms with Crippen molar-refractivity contribution in [1.29, 1.82) is 0 Å². The normalized spacial score (nSPS) is 16.9. The van der Waals surface area contributed by atoms with Crippen LogP contribution < -0.4 is 0 Å². The molecule has 0 radical (unpaired) electrons. The number of halogens is 1. The highest BCUT2D eigenvalue weighted by Crippen LogP contribution is 2.24. The van der Waals surface area contributed by atoms with Gasteiger partial charge in [-0.05, 0) is 41.7 Å². The van der Waals surface area contributed by atoms with E-state index in [2.05, 4.69) is 21.7 Å². The van der Waals surface area contributed by atoms with E-state index in [0.717, 1.165) is 18.5 Å². The van der Waals surface area contributed by atoms with Gasteiger partial charge >= 0.3 is 0 Å². The molecule has 15 heavy (non-hydrogen) atoms. The number of nitrogens with zero attached hydrogens (tertiary/aromatic N) is 1. The lowest BCUT2D eigenvalue weighted by atomic mass is 9.91. The van der Waals surface area contributed by atoms with E-state index >= 15 is 0 Å². The van der Waals surface area contributed by atoms with Crippen LogP contribution in [0.25, 0.3) is 0 Å². The van der Waals surface area contributed by atoms with Crippen LogP contribution in [-0.4, -0.2) is 29.9 Å². The molecule has 0 unspecified atom stereocenters. The maximum Gasteiger partial charge on any atom is 0.0351 e. The molecule has 3 heteroatoms. The molecule has 1 aliphatic rings. The van der Waals surface area contributed by atoms with Gasteiger partial charge < -0.3 is 0 Å². The Morgan fingerprint density at radius 2 is 2.27 bits per heavy atom. The van der Waals surface area contributed by atoms with E-state index in [9.17, 15) is 0 Å². The van der Waals surface area contributed by atoms with Gasteiger partial charge in [-0.25, -0.2) is 0 Å². The lowest BCUT2D eigenvalue weighted by molar-refractivity contribution is 0.136. The number of hydrogen-bond donors (Lipinski definition) is 0. The molecule has 1 nitrogen and oxygen atoms in total. The van der Waals surface area contributed by atoms with Crippen LogP contribution in [0.2, 0.25) is 0 Å². The fourth-order valence-electron chi connectivity index (χ4n) is 2.04. The number of alkyl halides is 1. The van der Waals surface area contributed by atoms with E-state index in [4.69, 9.17) is 11.6 Å². The summed E-state index contributed by atoms with van der Waals surface area (Å²) >= 11 is 7.63.